The summed E-state index contributed by atoms with van der Waals surface area (Å²) in [5, 5.41) is 14.9. The molecule has 1 heterocycles. The molecule has 0 aliphatic heterocycles. The van der Waals surface area contributed by atoms with Gasteiger partial charge in [-0.25, -0.2) is 0 Å². The largest absolute Gasteiger partial charge is 0.506 e. The molecule has 0 aliphatic rings. The van der Waals surface area contributed by atoms with Crippen LogP contribution in [0.15, 0.2) is 41.0 Å². The van der Waals surface area contributed by atoms with Crippen LogP contribution in [-0.4, -0.2) is 16.9 Å². The maximum Gasteiger partial charge on any atom is 0.291 e. The highest BCUT2D eigenvalue weighted by atomic mass is 16.3. The highest BCUT2D eigenvalue weighted by Crippen LogP contribution is 2.27. The number of hydrogen-bond donors (Lipinski definition) is 3. The third kappa shape index (κ3) is 3.17. The SMILES string of the molecule is CCC(=O)Nc1ccc(NC(=O)c2ccco2)cc1O. The van der Waals surface area contributed by atoms with Gasteiger partial charge in [0, 0.05) is 18.2 Å². The summed E-state index contributed by atoms with van der Waals surface area (Å²) in [5.74, 6) is -0.565. The summed E-state index contributed by atoms with van der Waals surface area (Å²) in [5.41, 5.74) is 0.700. The van der Waals surface area contributed by atoms with E-state index < -0.39 is 5.91 Å². The maximum absolute atomic E-state index is 11.7. The van der Waals surface area contributed by atoms with E-state index in [-0.39, 0.29) is 17.4 Å². The topological polar surface area (TPSA) is 91.6 Å². The summed E-state index contributed by atoms with van der Waals surface area (Å²) in [6, 6.07) is 7.58. The van der Waals surface area contributed by atoms with Crippen molar-refractivity contribution in [1.29, 1.82) is 0 Å². The van der Waals surface area contributed by atoms with Crippen molar-refractivity contribution in [2.75, 3.05) is 10.6 Å². The number of nitrogens with one attached hydrogen (secondary N) is 2. The second-order valence-electron chi connectivity index (χ2n) is 4.07. The Kier molecular flexibility index (Phi) is 4.05. The molecule has 6 heteroatoms. The molecule has 1 aromatic carbocycles. The van der Waals surface area contributed by atoms with Gasteiger partial charge in [0.15, 0.2) is 5.76 Å². The van der Waals surface area contributed by atoms with E-state index in [4.69, 9.17) is 4.42 Å². The lowest BCUT2D eigenvalue weighted by atomic mass is 10.2. The van der Waals surface area contributed by atoms with Crippen LogP contribution < -0.4 is 10.6 Å². The van der Waals surface area contributed by atoms with Crippen LogP contribution >= 0.6 is 0 Å². The van der Waals surface area contributed by atoms with Crippen LogP contribution in [-0.2, 0) is 4.79 Å². The van der Waals surface area contributed by atoms with Gasteiger partial charge in [-0.2, -0.15) is 0 Å². The molecule has 2 amide bonds. The molecule has 2 rings (SSSR count). The van der Waals surface area contributed by atoms with E-state index in [1.807, 2.05) is 0 Å². The highest BCUT2D eigenvalue weighted by Gasteiger charge is 2.10. The van der Waals surface area contributed by atoms with Crippen molar-refractivity contribution >= 4 is 23.2 Å². The summed E-state index contributed by atoms with van der Waals surface area (Å²) < 4.78 is 4.96. The highest BCUT2D eigenvalue weighted by molar-refractivity contribution is 6.02. The van der Waals surface area contributed by atoms with Crippen LogP contribution in [0.4, 0.5) is 11.4 Å². The van der Waals surface area contributed by atoms with E-state index in [0.717, 1.165) is 0 Å². The fourth-order valence-electron chi connectivity index (χ4n) is 1.55. The van der Waals surface area contributed by atoms with Crippen LogP contribution in [0, 0.1) is 0 Å². The monoisotopic (exact) mass is 274 g/mol. The van der Waals surface area contributed by atoms with Crippen LogP contribution in [0.2, 0.25) is 0 Å². The van der Waals surface area contributed by atoms with Gasteiger partial charge in [0.25, 0.3) is 5.91 Å². The van der Waals surface area contributed by atoms with Crippen molar-refractivity contribution in [2.45, 2.75) is 13.3 Å². The number of rotatable bonds is 4. The van der Waals surface area contributed by atoms with E-state index >= 15 is 0 Å². The third-order valence-electron chi connectivity index (χ3n) is 2.60. The molecule has 0 aliphatic carbocycles. The number of anilines is 2. The number of phenols is 1. The Labute approximate surface area is 115 Å². The zero-order valence-electron chi connectivity index (χ0n) is 10.8. The zero-order chi connectivity index (χ0) is 14.5. The smallest absolute Gasteiger partial charge is 0.291 e. The Balaban J connectivity index is 2.09. The van der Waals surface area contributed by atoms with E-state index in [0.29, 0.717) is 17.8 Å². The van der Waals surface area contributed by atoms with Gasteiger partial charge >= 0.3 is 0 Å². The molecule has 2 aromatic rings. The first kappa shape index (κ1) is 13.7. The summed E-state index contributed by atoms with van der Waals surface area (Å²) in [4.78, 5) is 23.0. The molecule has 0 atom stereocenters. The van der Waals surface area contributed by atoms with Gasteiger partial charge in [0.1, 0.15) is 5.75 Å². The van der Waals surface area contributed by atoms with Crippen molar-refractivity contribution in [3.05, 3.63) is 42.4 Å². The number of hydrogen-bond acceptors (Lipinski definition) is 4. The van der Waals surface area contributed by atoms with Gasteiger partial charge in [0.2, 0.25) is 5.91 Å². The first-order chi connectivity index (χ1) is 9.60. The number of amides is 2. The number of benzene rings is 1. The number of aromatic hydroxyl groups is 1. The predicted molar refractivity (Wildman–Crippen MR) is 73.7 cm³/mol. The minimum Gasteiger partial charge on any atom is -0.506 e. The molecular formula is C14H14N2O4. The van der Waals surface area contributed by atoms with E-state index in [1.165, 1.54) is 24.5 Å². The summed E-state index contributed by atoms with van der Waals surface area (Å²) in [7, 11) is 0. The van der Waals surface area contributed by atoms with Crippen LogP contribution in [0.1, 0.15) is 23.9 Å². The van der Waals surface area contributed by atoms with Gasteiger partial charge in [0.05, 0.1) is 12.0 Å². The summed E-state index contributed by atoms with van der Waals surface area (Å²) >= 11 is 0. The Bertz CT molecular complexity index is 620. The molecule has 0 radical (unpaired) electrons. The fourth-order valence-corrected chi connectivity index (χ4v) is 1.55. The number of phenolic OH excluding ortho intramolecular Hbond substituents is 1. The zero-order valence-corrected chi connectivity index (χ0v) is 10.8. The molecular weight excluding hydrogens is 260 g/mol. The van der Waals surface area contributed by atoms with Crippen LogP contribution in [0.5, 0.6) is 5.75 Å². The normalized spacial score (nSPS) is 10.1. The van der Waals surface area contributed by atoms with Crippen molar-refractivity contribution in [3.63, 3.8) is 0 Å². The molecule has 0 saturated heterocycles. The number of carbonyl (C=O) groups is 2. The Morgan fingerprint density at radius 1 is 1.25 bits per heavy atom. The lowest BCUT2D eigenvalue weighted by Gasteiger charge is -2.09. The van der Waals surface area contributed by atoms with Gasteiger partial charge in [-0.3, -0.25) is 9.59 Å². The van der Waals surface area contributed by atoms with E-state index in [1.54, 1.807) is 19.1 Å². The van der Waals surface area contributed by atoms with Crippen molar-refractivity contribution < 1.29 is 19.1 Å². The molecule has 1 aromatic heterocycles. The molecule has 6 nitrogen and oxygen atoms in total. The summed E-state index contributed by atoms with van der Waals surface area (Å²) in [6.07, 6.45) is 1.71. The fraction of sp³-hybridized carbons (Fsp3) is 0.143. The van der Waals surface area contributed by atoms with Crippen LogP contribution in [0.3, 0.4) is 0 Å². The second kappa shape index (κ2) is 5.92. The lowest BCUT2D eigenvalue weighted by molar-refractivity contribution is -0.115. The van der Waals surface area contributed by atoms with Crippen LogP contribution in [0.25, 0.3) is 0 Å². The molecule has 0 spiro atoms. The van der Waals surface area contributed by atoms with Crippen molar-refractivity contribution in [3.8, 4) is 5.75 Å². The quantitative estimate of drug-likeness (QED) is 0.747. The second-order valence-corrected chi connectivity index (χ2v) is 4.07. The molecule has 0 saturated carbocycles. The molecule has 20 heavy (non-hydrogen) atoms. The number of carbonyl (C=O) groups excluding carboxylic acids is 2. The summed E-state index contributed by atoms with van der Waals surface area (Å²) in [6.45, 7) is 1.71. The third-order valence-corrected chi connectivity index (χ3v) is 2.60. The first-order valence-corrected chi connectivity index (χ1v) is 6.08. The standard InChI is InChI=1S/C14H14N2O4/c1-2-13(18)16-10-6-5-9(8-11(10)17)15-14(19)12-4-3-7-20-12/h3-8,17H,2H2,1H3,(H,15,19)(H,16,18). The molecule has 0 unspecified atom stereocenters. The van der Waals surface area contributed by atoms with Gasteiger partial charge in [-0.05, 0) is 24.3 Å². The van der Waals surface area contributed by atoms with Crippen molar-refractivity contribution in [1.82, 2.24) is 0 Å². The average Bonchev–Trinajstić information content (AvgIpc) is 2.95. The predicted octanol–water partition coefficient (Wildman–Crippen LogP) is 2.59. The first-order valence-electron chi connectivity index (χ1n) is 6.08. The minimum atomic E-state index is -0.417. The Morgan fingerprint density at radius 2 is 2.05 bits per heavy atom. The Morgan fingerprint density at radius 3 is 2.65 bits per heavy atom. The van der Waals surface area contributed by atoms with E-state index in [2.05, 4.69) is 10.6 Å². The molecule has 104 valence electrons. The Hall–Kier alpha value is -2.76. The van der Waals surface area contributed by atoms with Crippen molar-refractivity contribution in [2.24, 2.45) is 0 Å². The van der Waals surface area contributed by atoms with E-state index in [9.17, 15) is 14.7 Å². The average molecular weight is 274 g/mol. The molecule has 3 N–H and O–H groups in total. The van der Waals surface area contributed by atoms with Gasteiger partial charge in [-0.1, -0.05) is 6.92 Å². The maximum atomic E-state index is 11.7. The molecule has 0 fully saturated rings. The van der Waals surface area contributed by atoms with Gasteiger partial charge in [-0.15, -0.1) is 0 Å². The number of furan rings is 1. The minimum absolute atomic E-state index is 0.121. The lowest BCUT2D eigenvalue weighted by Crippen LogP contribution is -2.12. The molecule has 0 bridgehead atoms. The van der Waals surface area contributed by atoms with Gasteiger partial charge < -0.3 is 20.2 Å².